The smallest absolute Gasteiger partial charge is 0.347 e. The van der Waals surface area contributed by atoms with Crippen LogP contribution in [0.2, 0.25) is 0 Å². The van der Waals surface area contributed by atoms with E-state index < -0.39 is 18.0 Å². The molecule has 0 aliphatic rings. The maximum atomic E-state index is 12.7. The zero-order valence-electron chi connectivity index (χ0n) is 27.0. The molecule has 3 aromatic carbocycles. The van der Waals surface area contributed by atoms with Crippen LogP contribution in [0, 0.1) is 0 Å². The number of carbonyl (C=O) groups is 3. The third-order valence-corrected chi connectivity index (χ3v) is 7.24. The first kappa shape index (κ1) is 35.9. The second-order valence-corrected chi connectivity index (χ2v) is 10.9. The molecular formula is C38H46O8. The summed E-state index contributed by atoms with van der Waals surface area (Å²) in [5.74, 6) is 0.433. The van der Waals surface area contributed by atoms with Crippen LogP contribution in [0.5, 0.6) is 17.2 Å². The second kappa shape index (κ2) is 20.4. The van der Waals surface area contributed by atoms with Gasteiger partial charge in [-0.3, -0.25) is 0 Å². The average Bonchev–Trinajstić information content (AvgIpc) is 3.08. The molecule has 0 saturated heterocycles. The van der Waals surface area contributed by atoms with Crippen molar-refractivity contribution in [1.82, 2.24) is 0 Å². The monoisotopic (exact) mass is 630 g/mol. The number of hydrogen-bond acceptors (Lipinski definition) is 8. The van der Waals surface area contributed by atoms with Gasteiger partial charge in [-0.05, 0) is 86.3 Å². The number of esters is 3. The molecule has 0 radical (unpaired) electrons. The van der Waals surface area contributed by atoms with Gasteiger partial charge in [0.05, 0.1) is 25.4 Å². The summed E-state index contributed by atoms with van der Waals surface area (Å²) in [5, 5.41) is 0. The van der Waals surface area contributed by atoms with E-state index in [2.05, 4.69) is 6.58 Å². The quantitative estimate of drug-likeness (QED) is 0.0500. The van der Waals surface area contributed by atoms with Gasteiger partial charge in [-0.1, -0.05) is 75.8 Å². The summed E-state index contributed by atoms with van der Waals surface area (Å²) >= 11 is 0. The van der Waals surface area contributed by atoms with Gasteiger partial charge < -0.3 is 23.7 Å². The van der Waals surface area contributed by atoms with E-state index >= 15 is 0 Å². The first-order valence-electron chi connectivity index (χ1n) is 16.2. The highest BCUT2D eigenvalue weighted by Gasteiger charge is 2.16. The zero-order chi connectivity index (χ0) is 33.0. The largest absolute Gasteiger partial charge is 0.494 e. The van der Waals surface area contributed by atoms with E-state index in [4.69, 9.17) is 23.7 Å². The number of hydrogen-bond donors (Lipinski definition) is 0. The predicted molar refractivity (Wildman–Crippen MR) is 178 cm³/mol. The molecule has 1 unspecified atom stereocenters. The summed E-state index contributed by atoms with van der Waals surface area (Å²) in [5.41, 5.74) is 2.44. The number of unbranched alkanes of at least 4 members (excludes halogenated alkanes) is 8. The first-order valence-corrected chi connectivity index (χ1v) is 16.2. The van der Waals surface area contributed by atoms with Crippen molar-refractivity contribution in [3.8, 4) is 28.4 Å². The molecule has 0 aliphatic heterocycles. The standard InChI is InChI=1S/C38H46O8/c1-4-36(39)44-28-14-12-10-8-6-7-9-11-13-27-43-33-21-19-31(20-22-33)30-15-17-32(18-16-30)38(41)46-35-25-23-34(24-26-35)45-29(3)37(40)42-5-2/h4,15-26,29H,1,5-14,27-28H2,2-3H3. The Morgan fingerprint density at radius 2 is 1.15 bits per heavy atom. The van der Waals surface area contributed by atoms with Crippen LogP contribution in [0.3, 0.4) is 0 Å². The lowest BCUT2D eigenvalue weighted by Crippen LogP contribution is -2.26. The van der Waals surface area contributed by atoms with E-state index in [1.807, 2.05) is 36.4 Å². The topological polar surface area (TPSA) is 97.4 Å². The van der Waals surface area contributed by atoms with Crippen LogP contribution >= 0.6 is 0 Å². The highest BCUT2D eigenvalue weighted by molar-refractivity contribution is 5.91. The van der Waals surface area contributed by atoms with E-state index in [9.17, 15) is 14.4 Å². The molecule has 0 fully saturated rings. The molecule has 3 aromatic rings. The Balaban J connectivity index is 1.30. The van der Waals surface area contributed by atoms with Crippen LogP contribution in [-0.2, 0) is 19.1 Å². The van der Waals surface area contributed by atoms with Crippen molar-refractivity contribution in [2.24, 2.45) is 0 Å². The van der Waals surface area contributed by atoms with Gasteiger partial charge in [0.25, 0.3) is 0 Å². The Labute approximate surface area is 272 Å². The van der Waals surface area contributed by atoms with Crippen LogP contribution in [0.4, 0.5) is 0 Å². The highest BCUT2D eigenvalue weighted by atomic mass is 16.6. The summed E-state index contributed by atoms with van der Waals surface area (Å²) < 4.78 is 26.9. The normalized spacial score (nSPS) is 11.3. The van der Waals surface area contributed by atoms with Crippen molar-refractivity contribution in [2.75, 3.05) is 19.8 Å². The van der Waals surface area contributed by atoms with E-state index in [1.165, 1.54) is 38.2 Å². The number of carbonyl (C=O) groups excluding carboxylic acids is 3. The van der Waals surface area contributed by atoms with Gasteiger partial charge in [0, 0.05) is 6.08 Å². The molecule has 0 N–H and O–H groups in total. The summed E-state index contributed by atoms with van der Waals surface area (Å²) in [6.07, 6.45) is 10.7. The van der Waals surface area contributed by atoms with Gasteiger partial charge >= 0.3 is 17.9 Å². The van der Waals surface area contributed by atoms with E-state index in [1.54, 1.807) is 50.2 Å². The minimum absolute atomic E-state index is 0.287. The molecule has 0 spiro atoms. The summed E-state index contributed by atoms with van der Waals surface area (Å²) in [6, 6.07) is 21.7. The fraction of sp³-hybridized carbons (Fsp3) is 0.395. The lowest BCUT2D eigenvalue weighted by molar-refractivity contribution is -0.150. The van der Waals surface area contributed by atoms with Gasteiger partial charge in [0.2, 0.25) is 0 Å². The number of ether oxygens (including phenoxy) is 5. The molecule has 0 saturated carbocycles. The Morgan fingerprint density at radius 3 is 1.72 bits per heavy atom. The Hall–Kier alpha value is -4.59. The Morgan fingerprint density at radius 1 is 0.652 bits per heavy atom. The lowest BCUT2D eigenvalue weighted by atomic mass is 10.0. The summed E-state index contributed by atoms with van der Waals surface area (Å²) in [6.45, 7) is 8.21. The molecule has 3 rings (SSSR count). The van der Waals surface area contributed by atoms with E-state index in [-0.39, 0.29) is 12.6 Å². The Kier molecular flexibility index (Phi) is 15.9. The van der Waals surface area contributed by atoms with Crippen molar-refractivity contribution in [2.45, 2.75) is 77.7 Å². The number of rotatable bonds is 21. The predicted octanol–water partition coefficient (Wildman–Crippen LogP) is 8.52. The molecule has 0 heterocycles. The SMILES string of the molecule is C=CC(=O)OCCCCCCCCCCCOc1ccc(-c2ccc(C(=O)Oc3ccc(OC(C)C(=O)OCC)cc3)cc2)cc1. The van der Waals surface area contributed by atoms with Crippen LogP contribution in [-0.4, -0.2) is 43.8 Å². The molecular weight excluding hydrogens is 584 g/mol. The van der Waals surface area contributed by atoms with E-state index in [0.29, 0.717) is 30.3 Å². The van der Waals surface area contributed by atoms with Gasteiger partial charge in [0.15, 0.2) is 6.10 Å². The molecule has 46 heavy (non-hydrogen) atoms. The summed E-state index contributed by atoms with van der Waals surface area (Å²) in [4.78, 5) is 35.4. The molecule has 0 aromatic heterocycles. The molecule has 0 amide bonds. The molecule has 246 valence electrons. The van der Waals surface area contributed by atoms with Crippen LogP contribution in [0.25, 0.3) is 11.1 Å². The third-order valence-electron chi connectivity index (χ3n) is 7.24. The molecule has 0 aliphatic carbocycles. The maximum absolute atomic E-state index is 12.7. The second-order valence-electron chi connectivity index (χ2n) is 10.9. The minimum Gasteiger partial charge on any atom is -0.494 e. The van der Waals surface area contributed by atoms with Crippen molar-refractivity contribution in [3.05, 3.63) is 91.0 Å². The average molecular weight is 631 g/mol. The van der Waals surface area contributed by atoms with Crippen LogP contribution in [0.1, 0.15) is 82.0 Å². The van der Waals surface area contributed by atoms with Crippen molar-refractivity contribution in [1.29, 1.82) is 0 Å². The van der Waals surface area contributed by atoms with Crippen molar-refractivity contribution < 1.29 is 38.1 Å². The van der Waals surface area contributed by atoms with E-state index in [0.717, 1.165) is 42.6 Å². The van der Waals surface area contributed by atoms with Crippen molar-refractivity contribution >= 4 is 17.9 Å². The van der Waals surface area contributed by atoms with Gasteiger partial charge in [0.1, 0.15) is 17.2 Å². The maximum Gasteiger partial charge on any atom is 0.347 e. The molecule has 8 heteroatoms. The van der Waals surface area contributed by atoms with Crippen LogP contribution in [0.15, 0.2) is 85.5 Å². The first-order chi connectivity index (χ1) is 22.4. The molecule has 1 atom stereocenters. The fourth-order valence-corrected chi connectivity index (χ4v) is 4.67. The van der Waals surface area contributed by atoms with Gasteiger partial charge in [-0.25, -0.2) is 14.4 Å². The molecule has 8 nitrogen and oxygen atoms in total. The zero-order valence-corrected chi connectivity index (χ0v) is 27.0. The minimum atomic E-state index is -0.737. The lowest BCUT2D eigenvalue weighted by Gasteiger charge is -2.13. The molecule has 0 bridgehead atoms. The summed E-state index contributed by atoms with van der Waals surface area (Å²) in [7, 11) is 0. The van der Waals surface area contributed by atoms with Gasteiger partial charge in [-0.2, -0.15) is 0 Å². The Bertz CT molecular complexity index is 1350. The third kappa shape index (κ3) is 13.2. The van der Waals surface area contributed by atoms with Crippen molar-refractivity contribution in [3.63, 3.8) is 0 Å². The highest BCUT2D eigenvalue weighted by Crippen LogP contribution is 2.24. The van der Waals surface area contributed by atoms with Crippen LogP contribution < -0.4 is 14.2 Å². The van der Waals surface area contributed by atoms with Gasteiger partial charge in [-0.15, -0.1) is 0 Å². The fourth-order valence-electron chi connectivity index (χ4n) is 4.67. The number of benzene rings is 3.